The summed E-state index contributed by atoms with van der Waals surface area (Å²) in [6.07, 6.45) is -2.85. The Labute approximate surface area is 76.3 Å². The van der Waals surface area contributed by atoms with Gasteiger partial charge in [0.25, 0.3) is 0 Å². The van der Waals surface area contributed by atoms with Gasteiger partial charge >= 0.3 is 6.18 Å². The molecule has 72 valence electrons. The number of rotatable bonds is 1. The van der Waals surface area contributed by atoms with Crippen molar-refractivity contribution in [1.82, 2.24) is 4.98 Å². The molecule has 0 spiro atoms. The van der Waals surface area contributed by atoms with Crippen LogP contribution in [0.15, 0.2) is 17.2 Å². The molecule has 0 fully saturated rings. The molecule has 1 N–H and O–H groups in total. The Kier molecular flexibility index (Phi) is 2.66. The summed E-state index contributed by atoms with van der Waals surface area (Å²) in [5, 5.41) is 0. The molecule has 1 aromatic heterocycles. The third kappa shape index (κ3) is 2.03. The highest BCUT2D eigenvalue weighted by molar-refractivity contribution is 6.17. The van der Waals surface area contributed by atoms with Gasteiger partial charge in [0.2, 0.25) is 0 Å². The third-order valence-electron chi connectivity index (χ3n) is 1.47. The van der Waals surface area contributed by atoms with E-state index in [1.54, 1.807) is 0 Å². The molecule has 0 aliphatic rings. The minimum absolute atomic E-state index is 0.0866. The number of aromatic nitrogens is 1. The second-order valence-corrected chi connectivity index (χ2v) is 2.62. The zero-order valence-corrected chi connectivity index (χ0v) is 7.04. The summed E-state index contributed by atoms with van der Waals surface area (Å²) in [5.41, 5.74) is -2.37. The van der Waals surface area contributed by atoms with Gasteiger partial charge in [0, 0.05) is 18.0 Å². The lowest BCUT2D eigenvalue weighted by molar-refractivity contribution is -0.138. The van der Waals surface area contributed by atoms with Gasteiger partial charge in [-0.3, -0.25) is 4.79 Å². The van der Waals surface area contributed by atoms with E-state index in [9.17, 15) is 18.0 Å². The van der Waals surface area contributed by atoms with E-state index in [4.69, 9.17) is 11.6 Å². The van der Waals surface area contributed by atoms with E-state index in [0.717, 1.165) is 6.20 Å². The maximum absolute atomic E-state index is 12.1. The molecule has 0 saturated heterocycles. The molecule has 1 aromatic rings. The average molecular weight is 212 g/mol. The summed E-state index contributed by atoms with van der Waals surface area (Å²) in [7, 11) is 0. The van der Waals surface area contributed by atoms with Crippen LogP contribution in [0.5, 0.6) is 0 Å². The van der Waals surface area contributed by atoms with Crippen molar-refractivity contribution in [2.24, 2.45) is 0 Å². The predicted octanol–water partition coefficient (Wildman–Crippen LogP) is 2.13. The Balaban J connectivity index is 3.33. The van der Waals surface area contributed by atoms with E-state index >= 15 is 0 Å². The number of halogens is 4. The van der Waals surface area contributed by atoms with Crippen molar-refractivity contribution in [2.75, 3.05) is 0 Å². The lowest BCUT2D eigenvalue weighted by atomic mass is 10.2. The lowest BCUT2D eigenvalue weighted by Crippen LogP contribution is -2.21. The molecule has 0 aliphatic carbocycles. The van der Waals surface area contributed by atoms with Gasteiger partial charge < -0.3 is 4.98 Å². The Morgan fingerprint density at radius 3 is 2.46 bits per heavy atom. The Bertz CT molecular complexity index is 357. The maximum atomic E-state index is 12.1. The van der Waals surface area contributed by atoms with Gasteiger partial charge in [-0.05, 0) is 0 Å². The second-order valence-electron chi connectivity index (χ2n) is 2.35. The SMILES string of the molecule is O=c1c(CCl)c[nH]cc1C(F)(F)F. The van der Waals surface area contributed by atoms with Crippen LogP contribution in [0.4, 0.5) is 13.2 Å². The van der Waals surface area contributed by atoms with Crippen LogP contribution >= 0.6 is 11.6 Å². The minimum Gasteiger partial charge on any atom is -0.367 e. The Hall–Kier alpha value is -0.970. The molecule has 6 heteroatoms. The van der Waals surface area contributed by atoms with Gasteiger partial charge in [-0.1, -0.05) is 0 Å². The number of aromatic amines is 1. The van der Waals surface area contributed by atoms with Crippen LogP contribution in [0.3, 0.4) is 0 Å². The molecule has 0 aliphatic heterocycles. The summed E-state index contributed by atoms with van der Waals surface area (Å²) in [5.74, 6) is -0.237. The van der Waals surface area contributed by atoms with E-state index in [0.29, 0.717) is 6.20 Å². The standard InChI is InChI=1S/C7H5ClF3NO/c8-1-4-2-12-3-5(6(4)13)7(9,10)11/h2-3H,1H2,(H,12,13). The summed E-state index contributed by atoms with van der Waals surface area (Å²) >= 11 is 5.27. The topological polar surface area (TPSA) is 32.9 Å². The molecule has 0 unspecified atom stereocenters. The smallest absolute Gasteiger partial charge is 0.367 e. The first kappa shape index (κ1) is 10.1. The molecule has 13 heavy (non-hydrogen) atoms. The Morgan fingerprint density at radius 2 is 2.00 bits per heavy atom. The van der Waals surface area contributed by atoms with Crippen LogP contribution in [-0.2, 0) is 12.1 Å². The normalized spacial score (nSPS) is 11.7. The lowest BCUT2D eigenvalue weighted by Gasteiger charge is -2.05. The monoisotopic (exact) mass is 211 g/mol. The quantitative estimate of drug-likeness (QED) is 0.710. The minimum atomic E-state index is -4.63. The van der Waals surface area contributed by atoms with Gasteiger partial charge in [0.1, 0.15) is 5.56 Å². The molecule has 0 amide bonds. The number of H-pyrrole nitrogens is 1. The van der Waals surface area contributed by atoms with Crippen LogP contribution in [0.2, 0.25) is 0 Å². The molecule has 0 saturated carbocycles. The van der Waals surface area contributed by atoms with Crippen LogP contribution in [0.25, 0.3) is 0 Å². The summed E-state index contributed by atoms with van der Waals surface area (Å²) in [4.78, 5) is 13.2. The molecule has 1 heterocycles. The molecule has 0 radical (unpaired) electrons. The highest BCUT2D eigenvalue weighted by Gasteiger charge is 2.34. The van der Waals surface area contributed by atoms with Gasteiger partial charge in [0.05, 0.1) is 5.88 Å². The summed E-state index contributed by atoms with van der Waals surface area (Å²) in [6.45, 7) is 0. The number of alkyl halides is 4. The fourth-order valence-corrected chi connectivity index (χ4v) is 1.04. The van der Waals surface area contributed by atoms with Gasteiger partial charge in [-0.2, -0.15) is 13.2 Å². The average Bonchev–Trinajstić information content (AvgIpc) is 2.02. The number of pyridine rings is 1. The molecular weight excluding hydrogens is 207 g/mol. The van der Waals surface area contributed by atoms with E-state index in [1.807, 2.05) is 0 Å². The first-order valence-corrected chi connectivity index (χ1v) is 3.83. The van der Waals surface area contributed by atoms with Crippen LogP contribution in [-0.4, -0.2) is 4.98 Å². The number of hydrogen-bond donors (Lipinski definition) is 1. The van der Waals surface area contributed by atoms with E-state index in [2.05, 4.69) is 4.98 Å². The summed E-state index contributed by atoms with van der Waals surface area (Å²) in [6, 6.07) is 0. The first-order valence-electron chi connectivity index (χ1n) is 3.30. The van der Waals surface area contributed by atoms with Gasteiger partial charge in [-0.25, -0.2) is 0 Å². The number of nitrogens with one attached hydrogen (secondary N) is 1. The van der Waals surface area contributed by atoms with Crippen molar-refractivity contribution >= 4 is 11.6 Å². The fraction of sp³-hybridized carbons (Fsp3) is 0.286. The van der Waals surface area contributed by atoms with Gasteiger partial charge in [0.15, 0.2) is 5.43 Å². The molecule has 1 rings (SSSR count). The molecule has 0 aromatic carbocycles. The molecule has 0 bridgehead atoms. The van der Waals surface area contributed by atoms with E-state index in [-0.39, 0.29) is 11.4 Å². The van der Waals surface area contributed by atoms with E-state index < -0.39 is 17.2 Å². The first-order chi connectivity index (χ1) is 5.96. The zero-order chi connectivity index (χ0) is 10.1. The van der Waals surface area contributed by atoms with Crippen molar-refractivity contribution in [2.45, 2.75) is 12.1 Å². The number of hydrogen-bond acceptors (Lipinski definition) is 1. The van der Waals surface area contributed by atoms with E-state index in [1.165, 1.54) is 0 Å². The summed E-state index contributed by atoms with van der Waals surface area (Å²) < 4.78 is 36.3. The van der Waals surface area contributed by atoms with Crippen molar-refractivity contribution in [3.63, 3.8) is 0 Å². The molecule has 0 atom stereocenters. The van der Waals surface area contributed by atoms with Crippen LogP contribution in [0, 0.1) is 0 Å². The zero-order valence-electron chi connectivity index (χ0n) is 6.28. The van der Waals surface area contributed by atoms with Crippen molar-refractivity contribution in [3.8, 4) is 0 Å². The van der Waals surface area contributed by atoms with Crippen molar-refractivity contribution in [1.29, 1.82) is 0 Å². The van der Waals surface area contributed by atoms with Crippen LogP contribution < -0.4 is 5.43 Å². The fourth-order valence-electron chi connectivity index (χ4n) is 0.839. The molecular formula is C7H5ClF3NO. The Morgan fingerprint density at radius 1 is 1.38 bits per heavy atom. The predicted molar refractivity (Wildman–Crippen MR) is 41.6 cm³/mol. The maximum Gasteiger partial charge on any atom is 0.421 e. The van der Waals surface area contributed by atoms with Crippen molar-refractivity contribution in [3.05, 3.63) is 33.7 Å². The second kappa shape index (κ2) is 3.41. The molecule has 2 nitrogen and oxygen atoms in total. The van der Waals surface area contributed by atoms with Crippen LogP contribution in [0.1, 0.15) is 11.1 Å². The van der Waals surface area contributed by atoms with Crippen molar-refractivity contribution < 1.29 is 13.2 Å². The largest absolute Gasteiger partial charge is 0.421 e. The third-order valence-corrected chi connectivity index (χ3v) is 1.76. The highest BCUT2D eigenvalue weighted by atomic mass is 35.5. The highest BCUT2D eigenvalue weighted by Crippen LogP contribution is 2.26. The van der Waals surface area contributed by atoms with Gasteiger partial charge in [-0.15, -0.1) is 11.6 Å².